The van der Waals surface area contributed by atoms with E-state index in [1.807, 2.05) is 12.1 Å². The number of anilines is 2. The molecular weight excluding hydrogens is 372 g/mol. The first-order valence-corrected chi connectivity index (χ1v) is 9.50. The van der Waals surface area contributed by atoms with Crippen molar-refractivity contribution in [3.63, 3.8) is 0 Å². The summed E-state index contributed by atoms with van der Waals surface area (Å²) in [5.74, 6) is -1.12. The monoisotopic (exact) mass is 396 g/mol. The number of nitrogens with zero attached hydrogens (tertiary/aromatic N) is 1. The molecule has 0 aliphatic carbocycles. The molecule has 0 aromatic heterocycles. The summed E-state index contributed by atoms with van der Waals surface area (Å²) in [6.45, 7) is 1.87. The van der Waals surface area contributed by atoms with Gasteiger partial charge in [-0.25, -0.2) is 0 Å². The lowest BCUT2D eigenvalue weighted by Gasteiger charge is -2.17. The van der Waals surface area contributed by atoms with Gasteiger partial charge >= 0.3 is 5.97 Å². The molecule has 29 heavy (non-hydrogen) atoms. The Kier molecular flexibility index (Phi) is 6.49. The Morgan fingerprint density at radius 3 is 2.62 bits per heavy atom. The largest absolute Gasteiger partial charge is 0.497 e. The van der Waals surface area contributed by atoms with E-state index in [0.29, 0.717) is 17.1 Å². The van der Waals surface area contributed by atoms with E-state index in [4.69, 9.17) is 9.47 Å². The summed E-state index contributed by atoms with van der Waals surface area (Å²) in [6.07, 6.45) is 0.967. The zero-order valence-corrected chi connectivity index (χ0v) is 16.5. The molecule has 0 radical (unpaired) electrons. The molecule has 7 nitrogen and oxygen atoms in total. The molecule has 7 heteroatoms. The van der Waals surface area contributed by atoms with E-state index in [1.165, 1.54) is 10.5 Å². The first-order valence-electron chi connectivity index (χ1n) is 9.50. The van der Waals surface area contributed by atoms with Crippen molar-refractivity contribution < 1.29 is 23.9 Å². The van der Waals surface area contributed by atoms with Crippen molar-refractivity contribution in [1.29, 1.82) is 0 Å². The van der Waals surface area contributed by atoms with Crippen LogP contribution in [0.5, 0.6) is 5.75 Å². The summed E-state index contributed by atoms with van der Waals surface area (Å²) in [6, 6.07) is 14.6. The maximum Gasteiger partial charge on any atom is 0.311 e. The van der Waals surface area contributed by atoms with Gasteiger partial charge < -0.3 is 19.7 Å². The zero-order chi connectivity index (χ0) is 20.8. The molecule has 2 aromatic rings. The third-order valence-electron chi connectivity index (χ3n) is 4.81. The first-order chi connectivity index (χ1) is 14.0. The summed E-state index contributed by atoms with van der Waals surface area (Å²) in [5.41, 5.74) is 2.47. The standard InChI is InChI=1S/C22H24N2O5/c1-3-15-7-9-17(10-8-15)23-20(25)14-29-22(27)16-11-21(26)24(13-16)18-5-4-6-19(12-18)28-2/h4-10,12,16H,3,11,13-14H2,1-2H3,(H,23,25)/t16-/m0/s1. The smallest absolute Gasteiger partial charge is 0.311 e. The molecular formula is C22H24N2O5. The van der Waals surface area contributed by atoms with Crippen LogP contribution in [-0.2, 0) is 25.5 Å². The van der Waals surface area contributed by atoms with Crippen molar-refractivity contribution in [2.75, 3.05) is 30.5 Å². The number of methoxy groups -OCH3 is 1. The van der Waals surface area contributed by atoms with Crippen LogP contribution in [0.15, 0.2) is 48.5 Å². The highest BCUT2D eigenvalue weighted by Crippen LogP contribution is 2.28. The molecule has 1 atom stereocenters. The number of aryl methyl sites for hydroxylation is 1. The second-order valence-corrected chi connectivity index (χ2v) is 6.81. The molecule has 1 aliphatic rings. The quantitative estimate of drug-likeness (QED) is 0.728. The molecule has 152 valence electrons. The third kappa shape index (κ3) is 5.13. The third-order valence-corrected chi connectivity index (χ3v) is 4.81. The SMILES string of the molecule is CCc1ccc(NC(=O)COC(=O)[C@H]2CC(=O)N(c3cccc(OC)c3)C2)cc1. The molecule has 1 N–H and O–H groups in total. The van der Waals surface area contributed by atoms with Gasteiger partial charge in [-0.05, 0) is 36.2 Å². The van der Waals surface area contributed by atoms with Crippen LogP contribution in [0.3, 0.4) is 0 Å². The van der Waals surface area contributed by atoms with Crippen molar-refractivity contribution in [3.8, 4) is 5.75 Å². The van der Waals surface area contributed by atoms with Crippen LogP contribution in [0.4, 0.5) is 11.4 Å². The Labute approximate surface area is 169 Å². The first kappa shape index (κ1) is 20.4. The fourth-order valence-electron chi connectivity index (χ4n) is 3.17. The number of nitrogens with one attached hydrogen (secondary N) is 1. The van der Waals surface area contributed by atoms with Crippen LogP contribution in [-0.4, -0.2) is 38.0 Å². The van der Waals surface area contributed by atoms with Crippen LogP contribution in [0.25, 0.3) is 0 Å². The minimum Gasteiger partial charge on any atom is -0.497 e. The molecule has 3 rings (SSSR count). The van der Waals surface area contributed by atoms with Crippen LogP contribution in [0, 0.1) is 5.92 Å². The number of ether oxygens (including phenoxy) is 2. The lowest BCUT2D eigenvalue weighted by Crippen LogP contribution is -2.28. The number of hydrogen-bond donors (Lipinski definition) is 1. The minimum atomic E-state index is -0.606. The zero-order valence-electron chi connectivity index (χ0n) is 16.5. The van der Waals surface area contributed by atoms with E-state index in [-0.39, 0.29) is 18.9 Å². The Bertz CT molecular complexity index is 894. The highest BCUT2D eigenvalue weighted by atomic mass is 16.5. The Hall–Kier alpha value is -3.35. The highest BCUT2D eigenvalue weighted by molar-refractivity contribution is 6.00. The van der Waals surface area contributed by atoms with Crippen LogP contribution < -0.4 is 15.0 Å². The summed E-state index contributed by atoms with van der Waals surface area (Å²) in [5, 5.41) is 2.69. The summed E-state index contributed by atoms with van der Waals surface area (Å²) in [7, 11) is 1.55. The maximum absolute atomic E-state index is 12.3. The molecule has 0 unspecified atom stereocenters. The molecule has 0 spiro atoms. The van der Waals surface area contributed by atoms with Gasteiger partial charge in [0.15, 0.2) is 6.61 Å². The van der Waals surface area contributed by atoms with Crippen LogP contribution in [0.2, 0.25) is 0 Å². The number of rotatable bonds is 7. The van der Waals surface area contributed by atoms with Crippen molar-refractivity contribution in [3.05, 3.63) is 54.1 Å². The molecule has 1 saturated heterocycles. The number of amides is 2. The van der Waals surface area contributed by atoms with E-state index in [0.717, 1.165) is 6.42 Å². The Morgan fingerprint density at radius 2 is 1.93 bits per heavy atom. The number of carbonyl (C=O) groups is 3. The number of hydrogen-bond acceptors (Lipinski definition) is 5. The van der Waals surface area contributed by atoms with E-state index in [1.54, 1.807) is 43.5 Å². The lowest BCUT2D eigenvalue weighted by molar-refractivity contribution is -0.151. The van der Waals surface area contributed by atoms with E-state index < -0.39 is 24.4 Å². The van der Waals surface area contributed by atoms with Gasteiger partial charge in [-0.1, -0.05) is 25.1 Å². The Morgan fingerprint density at radius 1 is 1.17 bits per heavy atom. The van der Waals surface area contributed by atoms with Gasteiger partial charge in [0, 0.05) is 30.4 Å². The topological polar surface area (TPSA) is 84.9 Å². The summed E-state index contributed by atoms with van der Waals surface area (Å²) < 4.78 is 10.3. The summed E-state index contributed by atoms with van der Waals surface area (Å²) >= 11 is 0. The molecule has 2 amide bonds. The fourth-order valence-corrected chi connectivity index (χ4v) is 3.17. The van der Waals surface area contributed by atoms with Gasteiger partial charge in [0.25, 0.3) is 5.91 Å². The van der Waals surface area contributed by atoms with E-state index in [9.17, 15) is 14.4 Å². The van der Waals surface area contributed by atoms with Crippen molar-refractivity contribution in [2.24, 2.45) is 5.92 Å². The molecule has 1 fully saturated rings. The maximum atomic E-state index is 12.3. The van der Waals surface area contributed by atoms with Crippen molar-refractivity contribution >= 4 is 29.2 Å². The lowest BCUT2D eigenvalue weighted by atomic mass is 10.1. The predicted molar refractivity (Wildman–Crippen MR) is 109 cm³/mol. The number of carbonyl (C=O) groups excluding carboxylic acids is 3. The van der Waals surface area contributed by atoms with Crippen molar-refractivity contribution in [1.82, 2.24) is 0 Å². The second-order valence-electron chi connectivity index (χ2n) is 6.81. The van der Waals surface area contributed by atoms with E-state index >= 15 is 0 Å². The fraction of sp³-hybridized carbons (Fsp3) is 0.318. The van der Waals surface area contributed by atoms with Gasteiger partial charge in [-0.15, -0.1) is 0 Å². The normalized spacial score (nSPS) is 15.9. The molecule has 1 heterocycles. The van der Waals surface area contributed by atoms with Crippen LogP contribution >= 0.6 is 0 Å². The van der Waals surface area contributed by atoms with Gasteiger partial charge in [0.1, 0.15) is 5.75 Å². The van der Waals surface area contributed by atoms with Crippen LogP contribution in [0.1, 0.15) is 18.9 Å². The highest BCUT2D eigenvalue weighted by Gasteiger charge is 2.36. The summed E-state index contributed by atoms with van der Waals surface area (Å²) in [4.78, 5) is 38.2. The molecule has 2 aromatic carbocycles. The predicted octanol–water partition coefficient (Wildman–Crippen LogP) is 2.79. The Balaban J connectivity index is 1.51. The van der Waals surface area contributed by atoms with Crippen molar-refractivity contribution in [2.45, 2.75) is 19.8 Å². The van der Waals surface area contributed by atoms with Gasteiger partial charge in [0.05, 0.1) is 13.0 Å². The number of benzene rings is 2. The van der Waals surface area contributed by atoms with Gasteiger partial charge in [-0.2, -0.15) is 0 Å². The second kappa shape index (κ2) is 9.23. The average Bonchev–Trinajstić information content (AvgIpc) is 3.14. The average molecular weight is 396 g/mol. The molecule has 0 bridgehead atoms. The van der Waals surface area contributed by atoms with Gasteiger partial charge in [-0.3, -0.25) is 14.4 Å². The number of esters is 1. The van der Waals surface area contributed by atoms with Gasteiger partial charge in [0.2, 0.25) is 5.91 Å². The minimum absolute atomic E-state index is 0.0517. The molecule has 0 saturated carbocycles. The van der Waals surface area contributed by atoms with E-state index in [2.05, 4.69) is 12.2 Å². The molecule has 1 aliphatic heterocycles.